The summed E-state index contributed by atoms with van der Waals surface area (Å²) >= 11 is 0. The number of rotatable bonds is 12. The molecule has 0 saturated heterocycles. The van der Waals surface area contributed by atoms with E-state index in [4.69, 9.17) is 0 Å². The standard InChI is InChI=1S/2C24H29F3N2O.2ClH/c2*1-29(2,22-9-4-3-5-10-22)17-19-13-11-18(12-14-19)16-28-23(30)20-7-6-8-21(15-20)24(25,26)27;;/h2*6-8,11-15,22H,3-5,9-10,16-17H2,1-2H3;2*1H. The van der Waals surface area contributed by atoms with Crippen molar-refractivity contribution >= 4 is 11.8 Å². The Morgan fingerprint density at radius 3 is 1.11 bits per heavy atom. The largest absolute Gasteiger partial charge is 1.00 e. The van der Waals surface area contributed by atoms with E-state index in [0.29, 0.717) is 12.1 Å². The van der Waals surface area contributed by atoms with Crippen LogP contribution in [0.1, 0.15) is 118 Å². The third-order valence-electron chi connectivity index (χ3n) is 12.2. The molecule has 340 valence electrons. The first-order valence-corrected chi connectivity index (χ1v) is 21.0. The van der Waals surface area contributed by atoms with E-state index in [1.807, 2.05) is 24.3 Å². The van der Waals surface area contributed by atoms with Crippen LogP contribution in [0, 0.1) is 0 Å². The molecule has 2 amide bonds. The van der Waals surface area contributed by atoms with E-state index in [0.717, 1.165) is 57.4 Å². The molecule has 0 atom stereocenters. The Bertz CT molecular complexity index is 1860. The van der Waals surface area contributed by atoms with Gasteiger partial charge in [-0.15, -0.1) is 0 Å². The van der Waals surface area contributed by atoms with Crippen LogP contribution in [0.4, 0.5) is 26.3 Å². The molecule has 6 nitrogen and oxygen atoms in total. The van der Waals surface area contributed by atoms with Crippen LogP contribution in [0.5, 0.6) is 0 Å². The van der Waals surface area contributed by atoms with Gasteiger partial charge in [0.1, 0.15) is 13.1 Å². The number of hydrogen-bond donors (Lipinski definition) is 2. The molecule has 6 rings (SSSR count). The summed E-state index contributed by atoms with van der Waals surface area (Å²) in [5.41, 5.74) is 2.71. The third-order valence-corrected chi connectivity index (χ3v) is 12.2. The van der Waals surface area contributed by atoms with Gasteiger partial charge in [0, 0.05) is 35.3 Å². The number of nitrogens with zero attached hydrogens (tertiary/aromatic N) is 2. The molecule has 2 saturated carbocycles. The maximum atomic E-state index is 12.8. The van der Waals surface area contributed by atoms with E-state index in [1.54, 1.807) is 0 Å². The molecule has 0 aromatic heterocycles. The molecule has 4 aromatic rings. The SMILES string of the molecule is C[N+](C)(Cc1ccc(CNC(=O)c2cccc(C(F)(F)F)c2)cc1)C1CCCCC1.C[N+](C)(Cc1ccc(CNC(=O)c2cccc(C(F)(F)F)c2)cc1)C1CCCCC1.[Cl-].[Cl-]. The zero-order chi connectivity index (χ0) is 43.6. The van der Waals surface area contributed by atoms with Crippen molar-refractivity contribution in [1.29, 1.82) is 0 Å². The zero-order valence-corrected chi connectivity index (χ0v) is 37.5. The van der Waals surface area contributed by atoms with Gasteiger partial charge in [0.05, 0.1) is 51.4 Å². The van der Waals surface area contributed by atoms with Gasteiger partial charge in [-0.05, 0) is 98.9 Å². The summed E-state index contributed by atoms with van der Waals surface area (Å²) in [7, 11) is 9.16. The molecule has 0 unspecified atom stereocenters. The Kier molecular flexibility index (Phi) is 19.4. The Morgan fingerprint density at radius 1 is 0.500 bits per heavy atom. The van der Waals surface area contributed by atoms with Gasteiger partial charge >= 0.3 is 12.4 Å². The maximum Gasteiger partial charge on any atom is 0.416 e. The average Bonchev–Trinajstić information content (AvgIpc) is 3.23. The number of hydrogen-bond acceptors (Lipinski definition) is 2. The number of carbonyl (C=O) groups is 2. The van der Waals surface area contributed by atoms with Gasteiger partial charge in [0.15, 0.2) is 0 Å². The number of benzene rings is 4. The first kappa shape index (κ1) is 52.2. The normalized spacial score (nSPS) is 15.3. The lowest BCUT2D eigenvalue weighted by Gasteiger charge is -2.40. The highest BCUT2D eigenvalue weighted by molar-refractivity contribution is 5.94. The van der Waals surface area contributed by atoms with Gasteiger partial charge in [0.2, 0.25) is 0 Å². The van der Waals surface area contributed by atoms with Crippen LogP contribution >= 0.6 is 0 Å². The van der Waals surface area contributed by atoms with Crippen LogP contribution in [-0.2, 0) is 38.5 Å². The highest BCUT2D eigenvalue weighted by atomic mass is 35.5. The van der Waals surface area contributed by atoms with Crippen LogP contribution in [0.2, 0.25) is 0 Å². The van der Waals surface area contributed by atoms with Gasteiger partial charge < -0.3 is 44.4 Å². The molecule has 0 bridgehead atoms. The molecular weight excluding hydrogens is 849 g/mol. The Labute approximate surface area is 375 Å². The minimum Gasteiger partial charge on any atom is -1.00 e. The monoisotopic (exact) mass is 908 g/mol. The number of quaternary nitrogens is 2. The third kappa shape index (κ3) is 15.6. The lowest BCUT2D eigenvalue weighted by Crippen LogP contribution is -3.00. The smallest absolute Gasteiger partial charge is 0.416 e. The van der Waals surface area contributed by atoms with Gasteiger partial charge in [-0.3, -0.25) is 9.59 Å². The van der Waals surface area contributed by atoms with Crippen molar-refractivity contribution in [3.63, 3.8) is 0 Å². The number of halogens is 8. The van der Waals surface area contributed by atoms with Crippen LogP contribution in [-0.4, -0.2) is 61.1 Å². The van der Waals surface area contributed by atoms with Crippen LogP contribution < -0.4 is 35.4 Å². The molecule has 2 aliphatic carbocycles. The first-order chi connectivity index (χ1) is 28.3. The van der Waals surface area contributed by atoms with Gasteiger partial charge in [-0.25, -0.2) is 0 Å². The molecular formula is C48H60Cl2F6N4O2. The summed E-state index contributed by atoms with van der Waals surface area (Å²) in [5, 5.41) is 5.41. The number of amides is 2. The first-order valence-electron chi connectivity index (χ1n) is 21.0. The lowest BCUT2D eigenvalue weighted by molar-refractivity contribution is -0.929. The topological polar surface area (TPSA) is 58.2 Å². The maximum absolute atomic E-state index is 12.8. The molecule has 4 aromatic carbocycles. The fourth-order valence-electron chi connectivity index (χ4n) is 8.53. The molecule has 2 aliphatic rings. The van der Waals surface area contributed by atoms with Gasteiger partial charge in [-0.1, -0.05) is 73.5 Å². The second-order valence-electron chi connectivity index (χ2n) is 17.6. The lowest BCUT2D eigenvalue weighted by atomic mass is 9.92. The van der Waals surface area contributed by atoms with Crippen LogP contribution in [0.25, 0.3) is 0 Å². The summed E-state index contributed by atoms with van der Waals surface area (Å²) in [6.45, 7) is 2.47. The van der Waals surface area contributed by atoms with E-state index in [2.05, 4.69) is 63.1 Å². The van der Waals surface area contributed by atoms with E-state index < -0.39 is 35.3 Å². The quantitative estimate of drug-likeness (QED) is 0.154. The highest BCUT2D eigenvalue weighted by Gasteiger charge is 2.33. The van der Waals surface area contributed by atoms with Crippen molar-refractivity contribution in [2.24, 2.45) is 0 Å². The second kappa shape index (κ2) is 23.0. The van der Waals surface area contributed by atoms with E-state index in [1.165, 1.54) is 99.6 Å². The minimum atomic E-state index is -4.46. The van der Waals surface area contributed by atoms with Crippen molar-refractivity contribution in [2.75, 3.05) is 28.2 Å². The van der Waals surface area contributed by atoms with Crippen molar-refractivity contribution < 1.29 is 69.7 Å². The predicted molar refractivity (Wildman–Crippen MR) is 223 cm³/mol. The molecule has 14 heteroatoms. The van der Waals surface area contributed by atoms with Crippen molar-refractivity contribution in [1.82, 2.24) is 10.6 Å². The van der Waals surface area contributed by atoms with Crippen molar-refractivity contribution in [2.45, 2.75) is 115 Å². The van der Waals surface area contributed by atoms with Crippen molar-refractivity contribution in [3.05, 3.63) is 142 Å². The van der Waals surface area contributed by atoms with E-state index in [9.17, 15) is 35.9 Å². The molecule has 0 radical (unpaired) electrons. The van der Waals surface area contributed by atoms with Gasteiger partial charge in [0.25, 0.3) is 11.8 Å². The van der Waals surface area contributed by atoms with Gasteiger partial charge in [-0.2, -0.15) is 26.3 Å². The van der Waals surface area contributed by atoms with E-state index in [-0.39, 0.29) is 49.0 Å². The molecule has 0 aliphatic heterocycles. The summed E-state index contributed by atoms with van der Waals surface area (Å²) in [6.07, 6.45) is 4.17. The minimum absolute atomic E-state index is 0. The summed E-state index contributed by atoms with van der Waals surface area (Å²) in [4.78, 5) is 24.5. The summed E-state index contributed by atoms with van der Waals surface area (Å²) in [6, 6.07) is 26.6. The highest BCUT2D eigenvalue weighted by Crippen LogP contribution is 2.32. The van der Waals surface area contributed by atoms with Crippen LogP contribution in [0.15, 0.2) is 97.1 Å². The summed E-state index contributed by atoms with van der Waals surface area (Å²) in [5.74, 6) is -1.03. The summed E-state index contributed by atoms with van der Waals surface area (Å²) < 4.78 is 78.9. The number of alkyl halides is 6. The molecule has 2 fully saturated rings. The van der Waals surface area contributed by atoms with Crippen LogP contribution in [0.3, 0.4) is 0 Å². The Morgan fingerprint density at radius 2 is 0.806 bits per heavy atom. The average molecular weight is 910 g/mol. The second-order valence-corrected chi connectivity index (χ2v) is 17.6. The molecule has 2 N–H and O–H groups in total. The zero-order valence-electron chi connectivity index (χ0n) is 36.0. The Balaban J connectivity index is 0.000000320. The Hall–Kier alpha value is -4.10. The fraction of sp³-hybridized carbons (Fsp3) is 0.458. The number of carbonyl (C=O) groups excluding carboxylic acids is 2. The van der Waals surface area contributed by atoms with Crippen molar-refractivity contribution in [3.8, 4) is 0 Å². The molecule has 62 heavy (non-hydrogen) atoms. The number of nitrogens with one attached hydrogen (secondary N) is 2. The molecule has 0 heterocycles. The predicted octanol–water partition coefficient (Wildman–Crippen LogP) is 5.10. The van der Waals surface area contributed by atoms with E-state index >= 15 is 0 Å². The fourth-order valence-corrected chi connectivity index (χ4v) is 8.53. The molecule has 0 spiro atoms.